The number of aliphatic hydroxyl groups is 8. The van der Waals surface area contributed by atoms with Gasteiger partial charge >= 0.3 is 0 Å². The summed E-state index contributed by atoms with van der Waals surface area (Å²) in [6, 6.07) is 55.8. The predicted molar refractivity (Wildman–Crippen MR) is 590 cm³/mol. The summed E-state index contributed by atoms with van der Waals surface area (Å²) < 4.78 is 58.3. The van der Waals surface area contributed by atoms with E-state index in [1.165, 1.54) is 0 Å². The number of aromatic nitrogens is 12. The number of alkyl halides is 4. The molecule has 8 atom stereocenters. The smallest absolute Gasteiger partial charge is 0.137 e. The average Bonchev–Trinajstić information content (AvgIpc) is 1.26. The fourth-order valence-corrected chi connectivity index (χ4v) is 18.0. The highest BCUT2D eigenvalue weighted by Crippen LogP contribution is 2.43. The van der Waals surface area contributed by atoms with Crippen molar-refractivity contribution in [1.82, 2.24) is 60.0 Å². The molecule has 0 saturated heterocycles. The minimum absolute atomic E-state index is 0.104. The molecule has 760 valence electrons. The lowest BCUT2D eigenvalue weighted by Crippen LogP contribution is -2.25. The number of halogens is 12. The molecule has 40 heteroatoms. The molecule has 0 amide bonds. The topological polar surface area (TPSA) is 359 Å². The molecule has 0 aliphatic heterocycles. The van der Waals surface area contributed by atoms with E-state index in [-0.39, 0.29) is 124 Å². The first-order valence-electron chi connectivity index (χ1n) is 45.0. The van der Waals surface area contributed by atoms with E-state index in [1.54, 1.807) is 18.7 Å². The van der Waals surface area contributed by atoms with Crippen molar-refractivity contribution in [3.63, 3.8) is 0 Å². The van der Waals surface area contributed by atoms with Crippen LogP contribution in [0.2, 0.25) is 5.02 Å². The molecule has 0 fully saturated rings. The van der Waals surface area contributed by atoms with Gasteiger partial charge < -0.3 is 78.7 Å². The Labute approximate surface area is 923 Å². The van der Waals surface area contributed by atoms with E-state index in [0.29, 0.717) is 121 Å². The Bertz CT molecular complexity index is 5140. The fourth-order valence-electron chi connectivity index (χ4n) is 13.7. The predicted octanol–water partition coefficient (Wildman–Crippen LogP) is 20.5. The Hall–Kier alpha value is -5.79. The van der Waals surface area contributed by atoms with Gasteiger partial charge in [-0.05, 0) is 280 Å². The van der Waals surface area contributed by atoms with E-state index in [9.17, 15) is 40.9 Å². The molecular formula is C100H120Br3Cl5I4N12O16. The Morgan fingerprint density at radius 1 is 0.293 bits per heavy atom. The van der Waals surface area contributed by atoms with Crippen LogP contribution < -0.4 is 37.9 Å². The largest absolute Gasteiger partial charge is 0.492 e. The van der Waals surface area contributed by atoms with Gasteiger partial charge in [0.05, 0.1) is 97.5 Å². The molecule has 0 bridgehead atoms. The van der Waals surface area contributed by atoms with Gasteiger partial charge in [-0.25, -0.2) is 18.7 Å². The first kappa shape index (κ1) is 118. The summed E-state index contributed by atoms with van der Waals surface area (Å²) in [6.07, 6.45) is -3.07. The highest BCUT2D eigenvalue weighted by atomic mass is 123. The first-order chi connectivity index (χ1) is 66.6. The van der Waals surface area contributed by atoms with Crippen LogP contribution in [0.4, 0.5) is 0 Å². The second-order valence-electron chi connectivity index (χ2n) is 36.0. The van der Waals surface area contributed by atoms with E-state index in [0.717, 1.165) is 75.2 Å². The highest BCUT2D eigenvalue weighted by Gasteiger charge is 2.31. The van der Waals surface area contributed by atoms with Crippen molar-refractivity contribution in [2.45, 2.75) is 182 Å². The van der Waals surface area contributed by atoms with Crippen molar-refractivity contribution in [3.8, 4) is 46.0 Å². The van der Waals surface area contributed by atoms with E-state index < -0.39 is 24.4 Å². The summed E-state index contributed by atoms with van der Waals surface area (Å²) in [5, 5.41) is 110. The molecule has 12 aromatic rings. The quantitative estimate of drug-likeness (QED) is 0.0130. The van der Waals surface area contributed by atoms with Crippen LogP contribution in [0.3, 0.4) is 0 Å². The third kappa shape index (κ3) is 34.1. The highest BCUT2D eigenvalue weighted by molar-refractivity contribution is 14.1. The van der Waals surface area contributed by atoms with Gasteiger partial charge in [-0.15, -0.1) is 66.8 Å². The summed E-state index contributed by atoms with van der Waals surface area (Å²) in [5.41, 5.74) is 9.96. The summed E-state index contributed by atoms with van der Waals surface area (Å²) in [5.74, 6) is 9.06. The lowest BCUT2D eigenvalue weighted by atomic mass is 9.78. The second kappa shape index (κ2) is 56.9. The van der Waals surface area contributed by atoms with Crippen LogP contribution in [-0.4, -0.2) is 202 Å². The third-order valence-corrected chi connectivity index (χ3v) is 31.9. The van der Waals surface area contributed by atoms with Crippen LogP contribution >= 0.6 is 196 Å². The fraction of sp³-hybridized carbons (Fsp3) is 0.440. The van der Waals surface area contributed by atoms with Crippen molar-refractivity contribution >= 4 is 196 Å². The molecule has 4 heterocycles. The maximum atomic E-state index is 10.3. The van der Waals surface area contributed by atoms with Gasteiger partial charge in [0.15, 0.2) is 0 Å². The van der Waals surface area contributed by atoms with Crippen LogP contribution in [0, 0.1) is 38.5 Å². The molecule has 0 aliphatic carbocycles. The number of nitrogens with zero attached hydrogens (tertiary/aromatic N) is 12. The Morgan fingerprint density at radius 2 is 0.486 bits per heavy atom. The summed E-state index contributed by atoms with van der Waals surface area (Å²) in [6.45, 7) is 28.3. The van der Waals surface area contributed by atoms with E-state index in [4.69, 9.17) is 95.9 Å². The molecule has 8 N–H and O–H groups in total. The molecule has 28 nitrogen and oxygen atoms in total. The second-order valence-corrected chi connectivity index (χ2v) is 44.3. The minimum Gasteiger partial charge on any atom is -0.492 e. The Morgan fingerprint density at radius 3 is 0.671 bits per heavy atom. The molecule has 4 aromatic heterocycles. The van der Waals surface area contributed by atoms with E-state index in [2.05, 4.69) is 202 Å². The molecule has 140 heavy (non-hydrogen) atoms. The maximum Gasteiger partial charge on any atom is 0.137 e. The maximum absolute atomic E-state index is 10.3. The van der Waals surface area contributed by atoms with Gasteiger partial charge in [-0.2, -0.15) is 0 Å². The summed E-state index contributed by atoms with van der Waals surface area (Å²) >= 11 is 49.1. The third-order valence-electron chi connectivity index (χ3n) is 22.9. The van der Waals surface area contributed by atoms with Crippen LogP contribution in [-0.2, 0) is 74.3 Å². The molecule has 0 spiro atoms. The molecule has 12 rings (SSSR count). The zero-order valence-corrected chi connectivity index (χ0v) is 96.8. The van der Waals surface area contributed by atoms with Crippen LogP contribution in [0.5, 0.6) is 46.0 Å². The van der Waals surface area contributed by atoms with Crippen molar-refractivity contribution in [2.24, 2.45) is 23.7 Å². The van der Waals surface area contributed by atoms with Crippen LogP contribution in [0.1, 0.15) is 150 Å². The van der Waals surface area contributed by atoms with Crippen LogP contribution in [0.25, 0.3) is 0 Å². The van der Waals surface area contributed by atoms with Crippen molar-refractivity contribution in [2.75, 3.05) is 76.4 Å². The van der Waals surface area contributed by atoms with Gasteiger partial charge in [0.2, 0.25) is 0 Å². The monoisotopic (exact) mass is 2650 g/mol. The molecule has 0 saturated carbocycles. The lowest BCUT2D eigenvalue weighted by Gasteiger charge is -2.27. The SMILES string of the molecule is CC(CCl)COc1ccc(C(C)(C)c2ccc(OCC(O)Cn3nnc(CO)c3[123I])cc2)cc1Br.C[C@@H](CCl)COc1ccc(C(C)(C)c2ccc(OC[C@@H](O)Cn3nnc(CO)c3[123I])cc2)cc1Br.C[C@H](CCl)COc1ccc(C(C)(C)c2ccc(OC[C@@H](O)Cn3nnc(CO)c3[123I])cc2)cc1Cl.C[C@H](CCl)COc1ccc(C(C)(C)c2ccc(OC[C@H](O)Cn3nnc(CO)c3[123I])cc2)cc1Br. The number of hydrogen-bond donors (Lipinski definition) is 8. The summed E-state index contributed by atoms with van der Waals surface area (Å²) in [7, 11) is 0. The number of aliphatic hydroxyl groups excluding tert-OH is 8. The molecule has 8 aromatic carbocycles. The number of benzene rings is 8. The molecule has 2 unspecified atom stereocenters. The van der Waals surface area contributed by atoms with Crippen molar-refractivity contribution in [3.05, 3.63) is 270 Å². The molecule has 0 aliphatic rings. The Balaban J connectivity index is 0.000000209. The Kier molecular flexibility index (Phi) is 47.9. The number of rotatable bonds is 48. The van der Waals surface area contributed by atoms with Crippen molar-refractivity contribution < 1.29 is 78.7 Å². The minimum atomic E-state index is -0.775. The zero-order chi connectivity index (χ0) is 102. The zero-order valence-electron chi connectivity index (χ0n) is 79.7. The van der Waals surface area contributed by atoms with E-state index in [1.807, 2.05) is 231 Å². The van der Waals surface area contributed by atoms with Crippen molar-refractivity contribution in [1.29, 1.82) is 0 Å². The van der Waals surface area contributed by atoms with Gasteiger partial charge in [0, 0.05) is 68.9 Å². The van der Waals surface area contributed by atoms with E-state index >= 15 is 0 Å². The van der Waals surface area contributed by atoms with Gasteiger partial charge in [0.25, 0.3) is 0 Å². The van der Waals surface area contributed by atoms with Gasteiger partial charge in [-0.3, -0.25) is 0 Å². The van der Waals surface area contributed by atoms with Gasteiger partial charge in [-0.1, -0.05) is 188 Å². The normalized spacial score (nSPS) is 13.5. The van der Waals surface area contributed by atoms with Gasteiger partial charge in [0.1, 0.15) is 134 Å². The number of hydrogen-bond acceptors (Lipinski definition) is 24. The van der Waals surface area contributed by atoms with Crippen LogP contribution in [0.15, 0.2) is 183 Å². The number of ether oxygens (including phenoxy) is 8. The lowest BCUT2D eigenvalue weighted by molar-refractivity contribution is 0.0880. The average molecular weight is 2650 g/mol. The first-order valence-corrected chi connectivity index (χ1v) is 54.2. The summed E-state index contributed by atoms with van der Waals surface area (Å²) in [4.78, 5) is 0. The molecular weight excluding hydrogens is 2530 g/mol. The standard InChI is InChI=1S/3C25H30BrClIN3O4.C25H30Cl2IN3O4/c3*1-16(11-27)14-35-23-9-6-18(10-21(23)26)25(2,3)17-4-7-20(8-5-17)34-15-19(33)12-31-24(28)22(13-32)29-30-31;1-16(11-26)14-35-23-9-6-18(10-21(23)27)25(2,3)17-4-7-20(8-5-17)34-15-19(33)12-31-24(28)22(13-32)29-30-31/h4*4-10,16,19,32-33H,11-15H2,1-3H3/t2*16-,19-;;16-,19+/m10.1/s1/i4*28-4. The molecule has 0 radical (unpaired) electrons.